The Morgan fingerprint density at radius 2 is 1.74 bits per heavy atom. The van der Waals surface area contributed by atoms with Crippen LogP contribution in [0.25, 0.3) is 5.69 Å². The summed E-state index contributed by atoms with van der Waals surface area (Å²) >= 11 is 2.29. The van der Waals surface area contributed by atoms with E-state index >= 15 is 0 Å². The van der Waals surface area contributed by atoms with Crippen LogP contribution in [0.3, 0.4) is 0 Å². The first-order valence-electron chi connectivity index (χ1n) is 8.46. The number of aryl methyl sites for hydroxylation is 3. The lowest BCUT2D eigenvalue weighted by atomic mass is 10.1. The number of halogens is 1. The Morgan fingerprint density at radius 1 is 1.07 bits per heavy atom. The third-order valence-electron chi connectivity index (χ3n) is 4.54. The second-order valence-corrected chi connectivity index (χ2v) is 7.70. The molecule has 1 aromatic carbocycles. The van der Waals surface area contributed by atoms with Crippen molar-refractivity contribution in [3.63, 3.8) is 0 Å². The minimum Gasteiger partial charge on any atom is -0.318 e. The summed E-state index contributed by atoms with van der Waals surface area (Å²) < 4.78 is 4.62. The van der Waals surface area contributed by atoms with Gasteiger partial charge in [-0.1, -0.05) is 0 Å². The zero-order chi connectivity index (χ0) is 19.7. The molecule has 2 heterocycles. The van der Waals surface area contributed by atoms with E-state index in [1.807, 2.05) is 32.9 Å². The zero-order valence-electron chi connectivity index (χ0n) is 15.6. The van der Waals surface area contributed by atoms with Gasteiger partial charge in [-0.2, -0.15) is 10.4 Å². The Balaban J connectivity index is 2.06. The van der Waals surface area contributed by atoms with Gasteiger partial charge in [0.25, 0.3) is 5.56 Å². The highest BCUT2D eigenvalue weighted by molar-refractivity contribution is 14.1. The van der Waals surface area contributed by atoms with Gasteiger partial charge in [0.15, 0.2) is 0 Å². The fraction of sp³-hybridized carbons (Fsp3) is 0.190. The van der Waals surface area contributed by atoms with Crippen LogP contribution in [0.15, 0.2) is 46.3 Å². The number of nitrogens with zero attached hydrogens (tertiary/aromatic N) is 4. The first-order chi connectivity index (χ1) is 12.8. The Labute approximate surface area is 171 Å². The van der Waals surface area contributed by atoms with E-state index in [9.17, 15) is 10.1 Å². The minimum absolute atomic E-state index is 0.127. The maximum Gasteiger partial charge on any atom is 0.289 e. The molecule has 0 amide bonds. The van der Waals surface area contributed by atoms with E-state index in [1.54, 1.807) is 19.2 Å². The summed E-state index contributed by atoms with van der Waals surface area (Å²) in [6, 6.07) is 14.1. The highest BCUT2D eigenvalue weighted by Gasteiger charge is 2.11. The average molecular weight is 470 g/mol. The molecule has 0 aliphatic heterocycles. The summed E-state index contributed by atoms with van der Waals surface area (Å²) in [6.45, 7) is 7.63. The molecule has 0 bridgehead atoms. The molecular formula is C21H19IN4O. The summed E-state index contributed by atoms with van der Waals surface area (Å²) in [7, 11) is 0. The number of hydrogen-bond acceptors (Lipinski definition) is 3. The molecule has 27 heavy (non-hydrogen) atoms. The predicted molar refractivity (Wildman–Crippen MR) is 116 cm³/mol. The highest BCUT2D eigenvalue weighted by Crippen LogP contribution is 2.20. The monoisotopic (exact) mass is 470 g/mol. The van der Waals surface area contributed by atoms with Crippen LogP contribution in [-0.4, -0.2) is 15.5 Å². The second-order valence-electron chi connectivity index (χ2n) is 6.46. The van der Waals surface area contributed by atoms with Crippen molar-refractivity contribution in [2.75, 3.05) is 0 Å². The fourth-order valence-electron chi connectivity index (χ4n) is 3.19. The maximum atomic E-state index is 12.5. The Bertz CT molecular complexity index is 1140. The van der Waals surface area contributed by atoms with Gasteiger partial charge in [0.05, 0.1) is 6.21 Å². The average Bonchev–Trinajstić information content (AvgIpc) is 2.89. The van der Waals surface area contributed by atoms with Crippen molar-refractivity contribution in [3.8, 4) is 11.8 Å². The summed E-state index contributed by atoms with van der Waals surface area (Å²) in [4.78, 5) is 12.5. The van der Waals surface area contributed by atoms with Crippen LogP contribution in [0, 0.1) is 42.6 Å². The minimum atomic E-state index is -0.391. The van der Waals surface area contributed by atoms with Crippen LogP contribution in [0.2, 0.25) is 0 Å². The van der Waals surface area contributed by atoms with Crippen molar-refractivity contribution in [2.24, 2.45) is 5.10 Å². The van der Waals surface area contributed by atoms with Crippen molar-refractivity contribution < 1.29 is 0 Å². The molecule has 0 radical (unpaired) electrons. The van der Waals surface area contributed by atoms with Crippen LogP contribution in [-0.2, 0) is 0 Å². The third kappa shape index (κ3) is 3.60. The number of aromatic nitrogens is 2. The van der Waals surface area contributed by atoms with E-state index in [1.165, 1.54) is 8.25 Å². The Morgan fingerprint density at radius 3 is 2.37 bits per heavy atom. The van der Waals surface area contributed by atoms with Crippen LogP contribution in [0.5, 0.6) is 0 Å². The molecule has 6 heteroatoms. The van der Waals surface area contributed by atoms with E-state index in [-0.39, 0.29) is 5.56 Å². The van der Waals surface area contributed by atoms with Crippen LogP contribution >= 0.6 is 22.6 Å². The number of pyridine rings is 1. The third-order valence-corrected chi connectivity index (χ3v) is 5.26. The Hall–Kier alpha value is -2.66. The van der Waals surface area contributed by atoms with Gasteiger partial charge >= 0.3 is 0 Å². The van der Waals surface area contributed by atoms with Gasteiger partial charge in [-0.25, -0.2) is 4.68 Å². The standard InChI is InChI=1S/C21H19IN4O/c1-13-9-15(3)26(21(27)20(13)11-23)24-12-17-10-14(2)25(16(17)4)19-7-5-18(22)6-8-19/h5-10,12H,1-4H3/b24-12+. The Kier molecular flexibility index (Phi) is 5.33. The lowest BCUT2D eigenvalue weighted by molar-refractivity contribution is 0.786. The predicted octanol–water partition coefficient (Wildman–Crippen LogP) is 4.23. The zero-order valence-corrected chi connectivity index (χ0v) is 17.8. The van der Waals surface area contributed by atoms with E-state index < -0.39 is 5.56 Å². The first kappa shape index (κ1) is 19.1. The largest absolute Gasteiger partial charge is 0.318 e. The molecule has 0 aliphatic carbocycles. The topological polar surface area (TPSA) is 63.1 Å². The molecule has 3 rings (SSSR count). The first-order valence-corrected chi connectivity index (χ1v) is 9.54. The van der Waals surface area contributed by atoms with Crippen LogP contribution in [0.4, 0.5) is 0 Å². The molecule has 3 aromatic rings. The van der Waals surface area contributed by atoms with Crippen molar-refractivity contribution in [1.82, 2.24) is 9.24 Å². The quantitative estimate of drug-likeness (QED) is 0.425. The van der Waals surface area contributed by atoms with Gasteiger partial charge in [-0.15, -0.1) is 0 Å². The van der Waals surface area contributed by atoms with Crippen molar-refractivity contribution >= 4 is 28.8 Å². The number of rotatable bonds is 3. The fourth-order valence-corrected chi connectivity index (χ4v) is 3.55. The molecular weight excluding hydrogens is 451 g/mol. The second kappa shape index (κ2) is 7.53. The van der Waals surface area contributed by atoms with Crippen molar-refractivity contribution in [3.05, 3.63) is 84.1 Å². The molecule has 5 nitrogen and oxygen atoms in total. The van der Waals surface area contributed by atoms with E-state index in [0.717, 1.165) is 22.6 Å². The molecule has 0 atom stereocenters. The molecule has 136 valence electrons. The van der Waals surface area contributed by atoms with Crippen LogP contribution in [0.1, 0.15) is 33.8 Å². The highest BCUT2D eigenvalue weighted by atomic mass is 127. The SMILES string of the molecule is Cc1cc(C)n(/N=C/c2cc(C)n(-c3ccc(I)cc3)c2C)c(=O)c1C#N. The summed E-state index contributed by atoms with van der Waals surface area (Å²) in [5, 5.41) is 13.6. The molecule has 0 saturated carbocycles. The number of nitriles is 1. The normalized spacial score (nSPS) is 11.1. The lowest BCUT2D eigenvalue weighted by Crippen LogP contribution is -2.22. The van der Waals surface area contributed by atoms with Crippen molar-refractivity contribution in [1.29, 1.82) is 5.26 Å². The smallest absolute Gasteiger partial charge is 0.289 e. The summed E-state index contributed by atoms with van der Waals surface area (Å²) in [5.74, 6) is 0. The molecule has 0 unspecified atom stereocenters. The summed E-state index contributed by atoms with van der Waals surface area (Å²) in [6.07, 6.45) is 1.68. The van der Waals surface area contributed by atoms with Crippen LogP contribution < -0.4 is 5.56 Å². The molecule has 2 aromatic heterocycles. The van der Waals surface area contributed by atoms with Gasteiger partial charge in [-0.3, -0.25) is 4.79 Å². The van der Waals surface area contributed by atoms with Gasteiger partial charge in [-0.05, 0) is 92.2 Å². The van der Waals surface area contributed by atoms with Gasteiger partial charge in [0.2, 0.25) is 0 Å². The molecule has 0 spiro atoms. The maximum absolute atomic E-state index is 12.5. The molecule has 0 aliphatic rings. The van der Waals surface area contributed by atoms with Crippen molar-refractivity contribution in [2.45, 2.75) is 27.7 Å². The van der Waals surface area contributed by atoms with E-state index in [4.69, 9.17) is 0 Å². The van der Waals surface area contributed by atoms with Gasteiger partial charge in [0, 0.05) is 31.9 Å². The number of hydrogen-bond donors (Lipinski definition) is 0. The lowest BCUT2D eigenvalue weighted by Gasteiger charge is -2.09. The van der Waals surface area contributed by atoms with Gasteiger partial charge < -0.3 is 4.57 Å². The van der Waals surface area contributed by atoms with E-state index in [0.29, 0.717) is 11.3 Å². The number of benzene rings is 1. The van der Waals surface area contributed by atoms with E-state index in [2.05, 4.69) is 56.5 Å². The summed E-state index contributed by atoms with van der Waals surface area (Å²) in [5.41, 5.74) is 5.23. The molecule has 0 saturated heterocycles. The molecule has 0 fully saturated rings. The van der Waals surface area contributed by atoms with Gasteiger partial charge in [0.1, 0.15) is 11.6 Å². The molecule has 0 N–H and O–H groups in total.